The van der Waals surface area contributed by atoms with Crippen molar-refractivity contribution in [3.63, 3.8) is 0 Å². The molecule has 0 bridgehead atoms. The topological polar surface area (TPSA) is 84.9 Å². The van der Waals surface area contributed by atoms with Gasteiger partial charge in [0.25, 0.3) is 5.91 Å². The standard InChI is InChI=1S/C26H28N2O5S/c1-15-16(2)34-25(27-24(30)18-7-8-18)23(15)26(31)33-14-22(29)28(3)13-17-5-6-20-12-21(32-4)10-9-19(20)11-17/h5-6,9-12,18H,7-8,13-14H2,1-4H3,(H,27,30). The van der Waals surface area contributed by atoms with E-state index in [9.17, 15) is 14.4 Å². The van der Waals surface area contributed by atoms with Gasteiger partial charge in [-0.2, -0.15) is 0 Å². The van der Waals surface area contributed by atoms with Crippen molar-refractivity contribution in [2.75, 3.05) is 26.1 Å². The lowest BCUT2D eigenvalue weighted by Crippen LogP contribution is -2.31. The van der Waals surface area contributed by atoms with Crippen LogP contribution in [0.25, 0.3) is 10.8 Å². The molecular weight excluding hydrogens is 452 g/mol. The van der Waals surface area contributed by atoms with Gasteiger partial charge < -0.3 is 19.7 Å². The summed E-state index contributed by atoms with van der Waals surface area (Å²) < 4.78 is 10.6. The molecule has 1 heterocycles. The van der Waals surface area contributed by atoms with Gasteiger partial charge >= 0.3 is 5.97 Å². The lowest BCUT2D eigenvalue weighted by atomic mass is 10.1. The number of methoxy groups -OCH3 is 1. The van der Waals surface area contributed by atoms with Gasteiger partial charge in [0.1, 0.15) is 10.8 Å². The first-order chi connectivity index (χ1) is 16.3. The quantitative estimate of drug-likeness (QED) is 0.473. The number of amides is 2. The Morgan fingerprint density at radius 3 is 2.50 bits per heavy atom. The number of carbonyl (C=O) groups is 3. The highest BCUT2D eigenvalue weighted by atomic mass is 32.1. The smallest absolute Gasteiger partial charge is 0.341 e. The van der Waals surface area contributed by atoms with E-state index in [4.69, 9.17) is 9.47 Å². The molecule has 0 atom stereocenters. The van der Waals surface area contributed by atoms with Gasteiger partial charge in [0.2, 0.25) is 5.91 Å². The molecule has 1 aliphatic carbocycles. The number of anilines is 1. The van der Waals surface area contributed by atoms with Crippen LogP contribution in [0, 0.1) is 19.8 Å². The summed E-state index contributed by atoms with van der Waals surface area (Å²) in [6.07, 6.45) is 1.75. The van der Waals surface area contributed by atoms with E-state index >= 15 is 0 Å². The predicted octanol–water partition coefficient (Wildman–Crippen LogP) is 4.69. The Morgan fingerprint density at radius 2 is 1.79 bits per heavy atom. The van der Waals surface area contributed by atoms with Crippen molar-refractivity contribution < 1.29 is 23.9 Å². The highest BCUT2D eigenvalue weighted by Crippen LogP contribution is 2.36. The third-order valence-electron chi connectivity index (χ3n) is 6.06. The highest BCUT2D eigenvalue weighted by Gasteiger charge is 2.32. The molecule has 0 spiro atoms. The maximum absolute atomic E-state index is 12.8. The van der Waals surface area contributed by atoms with Crippen molar-refractivity contribution in [2.24, 2.45) is 5.92 Å². The van der Waals surface area contributed by atoms with Crippen molar-refractivity contribution in [3.8, 4) is 5.75 Å². The van der Waals surface area contributed by atoms with Crippen LogP contribution in [0.4, 0.5) is 5.00 Å². The molecule has 1 saturated carbocycles. The Balaban J connectivity index is 1.37. The molecule has 7 nitrogen and oxygen atoms in total. The van der Waals surface area contributed by atoms with Crippen LogP contribution in [-0.2, 0) is 20.9 Å². The Kier molecular flexibility index (Phi) is 6.88. The minimum Gasteiger partial charge on any atom is -0.497 e. The molecule has 3 aromatic rings. The summed E-state index contributed by atoms with van der Waals surface area (Å²) in [6.45, 7) is 3.72. The van der Waals surface area contributed by atoms with Gasteiger partial charge in [-0.25, -0.2) is 4.79 Å². The van der Waals surface area contributed by atoms with E-state index in [0.29, 0.717) is 17.1 Å². The monoisotopic (exact) mass is 480 g/mol. The first kappa shape index (κ1) is 23.8. The van der Waals surface area contributed by atoms with Crippen LogP contribution in [0.5, 0.6) is 5.75 Å². The average molecular weight is 481 g/mol. The van der Waals surface area contributed by atoms with Gasteiger partial charge in [-0.15, -0.1) is 11.3 Å². The number of esters is 1. The first-order valence-corrected chi connectivity index (χ1v) is 12.0. The number of carbonyl (C=O) groups excluding carboxylic acids is 3. The van der Waals surface area contributed by atoms with Gasteiger partial charge in [-0.05, 0) is 66.8 Å². The van der Waals surface area contributed by atoms with Crippen molar-refractivity contribution in [1.82, 2.24) is 4.90 Å². The third kappa shape index (κ3) is 5.22. The number of hydrogen-bond acceptors (Lipinski definition) is 6. The number of ether oxygens (including phenoxy) is 2. The van der Waals surface area contributed by atoms with Crippen LogP contribution >= 0.6 is 11.3 Å². The Bertz CT molecular complexity index is 1260. The van der Waals surface area contributed by atoms with E-state index in [1.54, 1.807) is 14.2 Å². The maximum atomic E-state index is 12.8. The number of fused-ring (bicyclic) bond motifs is 1. The largest absolute Gasteiger partial charge is 0.497 e. The molecule has 2 amide bonds. The number of rotatable bonds is 8. The second kappa shape index (κ2) is 9.85. The van der Waals surface area contributed by atoms with Crippen LogP contribution < -0.4 is 10.1 Å². The van der Waals surface area contributed by atoms with Crippen LogP contribution in [0.1, 0.15) is 39.2 Å². The lowest BCUT2D eigenvalue weighted by Gasteiger charge is -2.18. The van der Waals surface area contributed by atoms with Gasteiger partial charge in [0.05, 0.1) is 12.7 Å². The van der Waals surface area contributed by atoms with Crippen LogP contribution in [-0.4, -0.2) is 43.4 Å². The normalized spacial score (nSPS) is 12.9. The van der Waals surface area contributed by atoms with Gasteiger partial charge in [0, 0.05) is 24.4 Å². The zero-order valence-electron chi connectivity index (χ0n) is 19.8. The molecule has 0 saturated heterocycles. The molecule has 2 aromatic carbocycles. The minimum absolute atomic E-state index is 0.0268. The summed E-state index contributed by atoms with van der Waals surface area (Å²) >= 11 is 1.35. The third-order valence-corrected chi connectivity index (χ3v) is 7.18. The van der Waals surface area contributed by atoms with E-state index in [-0.39, 0.29) is 24.3 Å². The molecule has 8 heteroatoms. The fourth-order valence-electron chi connectivity index (χ4n) is 3.69. The Labute approximate surface area is 202 Å². The van der Waals surface area contributed by atoms with Gasteiger partial charge in [-0.3, -0.25) is 9.59 Å². The Morgan fingerprint density at radius 1 is 1.09 bits per heavy atom. The second-order valence-corrected chi connectivity index (χ2v) is 9.85. The highest BCUT2D eigenvalue weighted by molar-refractivity contribution is 7.16. The predicted molar refractivity (Wildman–Crippen MR) is 132 cm³/mol. The van der Waals surface area contributed by atoms with E-state index in [1.807, 2.05) is 50.2 Å². The van der Waals surface area contributed by atoms with Gasteiger partial charge in [-0.1, -0.05) is 18.2 Å². The lowest BCUT2D eigenvalue weighted by molar-refractivity contribution is -0.133. The number of thiophene rings is 1. The number of benzene rings is 2. The van der Waals surface area contributed by atoms with E-state index < -0.39 is 5.97 Å². The van der Waals surface area contributed by atoms with E-state index in [2.05, 4.69) is 5.32 Å². The molecule has 4 rings (SSSR count). The molecule has 1 fully saturated rings. The number of likely N-dealkylation sites (N-methyl/N-ethyl adjacent to an activating group) is 1. The zero-order chi connectivity index (χ0) is 24.4. The maximum Gasteiger partial charge on any atom is 0.341 e. The summed E-state index contributed by atoms with van der Waals surface area (Å²) in [5, 5.41) is 5.45. The molecule has 178 valence electrons. The molecule has 1 aromatic heterocycles. The van der Waals surface area contributed by atoms with E-state index in [0.717, 1.165) is 45.4 Å². The summed E-state index contributed by atoms with van der Waals surface area (Å²) in [7, 11) is 3.31. The minimum atomic E-state index is -0.602. The molecule has 0 radical (unpaired) electrons. The fraction of sp³-hybridized carbons (Fsp3) is 0.346. The van der Waals surface area contributed by atoms with Crippen LogP contribution in [0.2, 0.25) is 0 Å². The molecule has 1 N–H and O–H groups in total. The number of nitrogens with zero attached hydrogens (tertiary/aromatic N) is 1. The summed E-state index contributed by atoms with van der Waals surface area (Å²) in [6, 6.07) is 11.8. The van der Waals surface area contributed by atoms with Crippen molar-refractivity contribution in [1.29, 1.82) is 0 Å². The molecule has 0 aliphatic heterocycles. The molecular formula is C26H28N2O5S. The number of aryl methyl sites for hydroxylation is 1. The molecule has 0 unspecified atom stereocenters. The number of nitrogens with one attached hydrogen (secondary N) is 1. The summed E-state index contributed by atoms with van der Waals surface area (Å²) in [5.74, 6) is -0.162. The van der Waals surface area contributed by atoms with Crippen LogP contribution in [0.15, 0.2) is 36.4 Å². The fourth-order valence-corrected chi connectivity index (χ4v) is 4.74. The van der Waals surface area contributed by atoms with Crippen molar-refractivity contribution in [3.05, 3.63) is 58.0 Å². The van der Waals surface area contributed by atoms with Crippen LogP contribution in [0.3, 0.4) is 0 Å². The van der Waals surface area contributed by atoms with E-state index in [1.165, 1.54) is 16.2 Å². The molecule has 34 heavy (non-hydrogen) atoms. The summed E-state index contributed by atoms with van der Waals surface area (Å²) in [4.78, 5) is 40.1. The average Bonchev–Trinajstić information content (AvgIpc) is 3.63. The second-order valence-electron chi connectivity index (χ2n) is 8.62. The van der Waals surface area contributed by atoms with Crippen molar-refractivity contribution >= 4 is 44.9 Å². The van der Waals surface area contributed by atoms with Crippen molar-refractivity contribution in [2.45, 2.75) is 33.2 Å². The molecule has 1 aliphatic rings. The number of hydrogen-bond donors (Lipinski definition) is 1. The SMILES string of the molecule is COc1ccc2cc(CN(C)C(=O)COC(=O)c3c(NC(=O)C4CC4)sc(C)c3C)ccc2c1. The Hall–Kier alpha value is -3.39. The van der Waals surface area contributed by atoms with Gasteiger partial charge in [0.15, 0.2) is 6.61 Å². The first-order valence-electron chi connectivity index (χ1n) is 11.2. The zero-order valence-corrected chi connectivity index (χ0v) is 20.6. The summed E-state index contributed by atoms with van der Waals surface area (Å²) in [5.41, 5.74) is 2.06.